The van der Waals surface area contributed by atoms with Gasteiger partial charge in [-0.1, -0.05) is 24.3 Å². The molecule has 1 aliphatic heterocycles. The lowest BCUT2D eigenvalue weighted by atomic mass is 10.0. The van der Waals surface area contributed by atoms with Gasteiger partial charge in [-0.15, -0.1) is 0 Å². The summed E-state index contributed by atoms with van der Waals surface area (Å²) in [5.41, 5.74) is 4.25. The highest BCUT2D eigenvalue weighted by molar-refractivity contribution is 5.77. The summed E-state index contributed by atoms with van der Waals surface area (Å²) in [6.07, 6.45) is 1.87. The van der Waals surface area contributed by atoms with Crippen LogP contribution in [0.25, 0.3) is 22.3 Å². The molecule has 47 heavy (non-hydrogen) atoms. The lowest BCUT2D eigenvalue weighted by Crippen LogP contribution is -2.36. The van der Waals surface area contributed by atoms with Crippen LogP contribution in [0.15, 0.2) is 66.7 Å². The molecule has 3 heterocycles. The molecule has 6 rings (SSSR count). The monoisotopic (exact) mass is 644 g/mol. The van der Waals surface area contributed by atoms with Gasteiger partial charge in [0.1, 0.15) is 29.9 Å². The maximum atomic E-state index is 15.6. The van der Waals surface area contributed by atoms with E-state index in [9.17, 15) is 9.18 Å². The summed E-state index contributed by atoms with van der Waals surface area (Å²) in [7, 11) is 0. The number of likely N-dealkylation sites (tertiary alicyclic amines) is 1. The number of nitrogens with zero attached hydrogens (tertiary/aromatic N) is 4. The molecule has 0 radical (unpaired) electrons. The fraction of sp³-hybridized carbons (Fsp3) is 0.278. The molecule has 0 aliphatic carbocycles. The Hall–Kier alpha value is -5.19. The normalized spacial score (nSPS) is 14.2. The van der Waals surface area contributed by atoms with E-state index in [1.807, 2.05) is 34.6 Å². The Morgan fingerprint density at radius 2 is 1.68 bits per heavy atom. The molecular formula is C36H35F3N4O4. The van der Waals surface area contributed by atoms with Crippen molar-refractivity contribution in [3.63, 3.8) is 0 Å². The second-order valence-electron chi connectivity index (χ2n) is 11.6. The lowest BCUT2D eigenvalue weighted by Gasteiger charge is -2.25. The molecule has 11 heteroatoms. The number of aromatic nitrogens is 3. The average Bonchev–Trinajstić information content (AvgIpc) is 3.64. The van der Waals surface area contributed by atoms with E-state index in [4.69, 9.17) is 19.6 Å². The van der Waals surface area contributed by atoms with Gasteiger partial charge in [-0.2, -0.15) is 0 Å². The van der Waals surface area contributed by atoms with Crippen molar-refractivity contribution in [2.45, 2.75) is 59.2 Å². The number of halogens is 3. The van der Waals surface area contributed by atoms with E-state index in [1.165, 1.54) is 12.1 Å². The highest BCUT2D eigenvalue weighted by atomic mass is 19.1. The third-order valence-electron chi connectivity index (χ3n) is 8.23. The summed E-state index contributed by atoms with van der Waals surface area (Å²) in [5, 5.41) is 6.89. The largest absolute Gasteiger partial charge is 0.483 e. The first-order valence-electron chi connectivity index (χ1n) is 15.2. The number of ether oxygens (including phenoxy) is 1. The predicted molar refractivity (Wildman–Crippen MR) is 171 cm³/mol. The number of amides is 1. The third kappa shape index (κ3) is 7.62. The van der Waals surface area contributed by atoms with Gasteiger partial charge >= 0.3 is 0 Å². The summed E-state index contributed by atoms with van der Waals surface area (Å²) in [6, 6.07) is 17.9. The van der Waals surface area contributed by atoms with Crippen molar-refractivity contribution in [1.82, 2.24) is 19.4 Å². The second-order valence-corrected chi connectivity index (χ2v) is 11.6. The minimum absolute atomic E-state index is 0.00889. The molecule has 1 aliphatic rings. The van der Waals surface area contributed by atoms with Gasteiger partial charge in [0.05, 0.1) is 16.7 Å². The van der Waals surface area contributed by atoms with Crippen molar-refractivity contribution in [2.75, 3.05) is 6.54 Å². The van der Waals surface area contributed by atoms with Crippen molar-refractivity contribution in [3.05, 3.63) is 112 Å². The van der Waals surface area contributed by atoms with Crippen molar-refractivity contribution in [1.29, 1.82) is 0 Å². The van der Waals surface area contributed by atoms with Crippen molar-refractivity contribution < 1.29 is 32.6 Å². The minimum atomic E-state index is -0.632. The zero-order chi connectivity index (χ0) is 33.7. The fourth-order valence-corrected chi connectivity index (χ4v) is 5.93. The summed E-state index contributed by atoms with van der Waals surface area (Å²) in [4.78, 5) is 31.6. The number of fused-ring (bicyclic) bond motifs is 1. The minimum Gasteiger partial charge on any atom is -0.483 e. The summed E-state index contributed by atoms with van der Waals surface area (Å²) in [6.45, 7) is 6.32. The van der Waals surface area contributed by atoms with Gasteiger partial charge in [0.15, 0.2) is 0 Å². The maximum Gasteiger partial charge on any atom is 0.290 e. The Labute approximate surface area is 270 Å². The number of benzene rings is 3. The van der Waals surface area contributed by atoms with E-state index in [2.05, 4.69) is 4.98 Å². The molecule has 1 N–H and O–H groups in total. The van der Waals surface area contributed by atoms with Gasteiger partial charge in [0.25, 0.3) is 6.47 Å². The number of carbonyl (C=O) groups is 2. The third-order valence-corrected chi connectivity index (χ3v) is 8.23. The van der Waals surface area contributed by atoms with Crippen molar-refractivity contribution in [2.24, 2.45) is 0 Å². The number of hydrogen-bond acceptors (Lipinski definition) is 5. The SMILES string of the molecule is CC(=O)N1CCCC1Cn1c(Cc2cc(F)c(-c3cccc(OCc4ccc(C)cc4F)n3)cc2F)nc2ccc(C)cc21.O=CO. The van der Waals surface area contributed by atoms with Crippen molar-refractivity contribution >= 4 is 23.4 Å². The number of hydrogen-bond donors (Lipinski definition) is 1. The Bertz CT molecular complexity index is 1930. The first-order valence-corrected chi connectivity index (χ1v) is 15.2. The van der Waals surface area contributed by atoms with E-state index in [0.717, 1.165) is 41.1 Å². The molecule has 5 aromatic rings. The molecular weight excluding hydrogens is 609 g/mol. The predicted octanol–water partition coefficient (Wildman–Crippen LogP) is 7.01. The zero-order valence-electron chi connectivity index (χ0n) is 26.3. The van der Waals surface area contributed by atoms with Crippen LogP contribution >= 0.6 is 0 Å². The molecule has 3 aromatic carbocycles. The van der Waals surface area contributed by atoms with Crippen LogP contribution in [0.3, 0.4) is 0 Å². The molecule has 1 saturated heterocycles. The molecule has 244 valence electrons. The van der Waals surface area contributed by atoms with Crippen LogP contribution < -0.4 is 4.74 Å². The molecule has 0 saturated carbocycles. The van der Waals surface area contributed by atoms with Crippen LogP contribution in [0.5, 0.6) is 5.88 Å². The summed E-state index contributed by atoms with van der Waals surface area (Å²) < 4.78 is 53.1. The lowest BCUT2D eigenvalue weighted by molar-refractivity contribution is -0.129. The van der Waals surface area contributed by atoms with Crippen LogP contribution in [0.4, 0.5) is 13.2 Å². The van der Waals surface area contributed by atoms with Crippen LogP contribution in [0.1, 0.15) is 47.8 Å². The van der Waals surface area contributed by atoms with Crippen LogP contribution in [-0.2, 0) is 29.2 Å². The fourth-order valence-electron chi connectivity index (χ4n) is 5.93. The van der Waals surface area contributed by atoms with E-state index in [1.54, 1.807) is 44.2 Å². The first kappa shape index (κ1) is 33.2. The van der Waals surface area contributed by atoms with Crippen LogP contribution in [0, 0.1) is 31.3 Å². The number of imidazole rings is 1. The Balaban J connectivity index is 0.00000139. The van der Waals surface area contributed by atoms with E-state index >= 15 is 8.78 Å². The summed E-state index contributed by atoms with van der Waals surface area (Å²) >= 11 is 0. The number of pyridine rings is 1. The Morgan fingerprint density at radius 1 is 0.957 bits per heavy atom. The quantitative estimate of drug-likeness (QED) is 0.183. The molecule has 1 unspecified atom stereocenters. The summed E-state index contributed by atoms with van der Waals surface area (Å²) in [5.74, 6) is -0.799. The Kier molecular flexibility index (Phi) is 10.2. The van der Waals surface area contributed by atoms with E-state index in [-0.39, 0.29) is 60.0 Å². The van der Waals surface area contributed by atoms with Gasteiger partial charge in [-0.3, -0.25) is 9.59 Å². The molecule has 1 fully saturated rings. The standard InChI is InChI=1S/C35H33F3N4O2.CH2O2/c1-21-9-11-24(28(36)14-21)20-44-35-8-4-7-31(40-35)27-18-29(37)25(16-30(27)38)17-34-39-32-12-10-22(2)15-33(32)42(34)19-26-6-5-13-41(26)23(3)43;2-1-3/h4,7-12,14-16,18,26H,5-6,13,17,19-20H2,1-3H3;1H,(H,2,3). The van der Waals surface area contributed by atoms with Gasteiger partial charge < -0.3 is 19.3 Å². The first-order chi connectivity index (χ1) is 22.6. The smallest absolute Gasteiger partial charge is 0.290 e. The van der Waals surface area contributed by atoms with Gasteiger partial charge in [-0.25, -0.2) is 23.1 Å². The number of carbonyl (C=O) groups excluding carboxylic acids is 1. The molecule has 0 spiro atoms. The molecule has 1 amide bonds. The molecule has 0 bridgehead atoms. The van der Waals surface area contributed by atoms with E-state index < -0.39 is 11.6 Å². The van der Waals surface area contributed by atoms with Crippen LogP contribution in [0.2, 0.25) is 0 Å². The average molecular weight is 645 g/mol. The van der Waals surface area contributed by atoms with Gasteiger partial charge in [0, 0.05) is 49.7 Å². The molecule has 1 atom stereocenters. The number of carboxylic acid groups (broad SMARTS) is 1. The zero-order valence-corrected chi connectivity index (χ0v) is 26.3. The molecule has 8 nitrogen and oxygen atoms in total. The number of rotatable bonds is 8. The Morgan fingerprint density at radius 3 is 2.43 bits per heavy atom. The topological polar surface area (TPSA) is 97.5 Å². The van der Waals surface area contributed by atoms with Gasteiger partial charge in [-0.05, 0) is 79.8 Å². The highest BCUT2D eigenvalue weighted by Crippen LogP contribution is 2.29. The van der Waals surface area contributed by atoms with E-state index in [0.29, 0.717) is 24.5 Å². The van der Waals surface area contributed by atoms with Gasteiger partial charge in [0.2, 0.25) is 11.8 Å². The second kappa shape index (κ2) is 14.5. The molecule has 2 aromatic heterocycles. The number of aryl methyl sites for hydroxylation is 2. The van der Waals surface area contributed by atoms with Crippen molar-refractivity contribution in [3.8, 4) is 17.1 Å². The van der Waals surface area contributed by atoms with Crippen LogP contribution in [-0.4, -0.2) is 49.5 Å². The highest BCUT2D eigenvalue weighted by Gasteiger charge is 2.28. The maximum absolute atomic E-state index is 15.6.